The lowest BCUT2D eigenvalue weighted by Gasteiger charge is -2.10. The van der Waals surface area contributed by atoms with Gasteiger partial charge in [-0.05, 0) is 54.9 Å². The minimum atomic E-state index is 0.445. The summed E-state index contributed by atoms with van der Waals surface area (Å²) in [5, 5.41) is 5.73. The van der Waals surface area contributed by atoms with Crippen LogP contribution in [0.2, 0.25) is 0 Å². The molecule has 1 N–H and O–H groups in total. The zero-order valence-corrected chi connectivity index (χ0v) is 18.9. The molecule has 0 saturated carbocycles. The number of rotatable bonds is 4. The number of hydrogen-bond acceptors (Lipinski definition) is 7. The second kappa shape index (κ2) is 7.35. The van der Waals surface area contributed by atoms with Crippen LogP contribution in [0, 0.1) is 20.8 Å². The van der Waals surface area contributed by atoms with Crippen molar-refractivity contribution in [1.82, 2.24) is 25.1 Å². The average molecular weight is 480 g/mol. The van der Waals surface area contributed by atoms with Crippen LogP contribution in [0.15, 0.2) is 39.6 Å². The van der Waals surface area contributed by atoms with Crippen molar-refractivity contribution in [2.24, 2.45) is 0 Å². The molecule has 0 bridgehead atoms. The molecule has 0 amide bonds. The average Bonchev–Trinajstić information content (AvgIpc) is 3.25. The minimum absolute atomic E-state index is 0.445. The van der Waals surface area contributed by atoms with Gasteiger partial charge in [0, 0.05) is 27.1 Å². The van der Waals surface area contributed by atoms with Crippen LogP contribution in [0.4, 0.5) is 0 Å². The predicted molar refractivity (Wildman–Crippen MR) is 120 cm³/mol. The Balaban J connectivity index is 1.76. The number of aromatic nitrogens is 5. The number of fused-ring (bicyclic) bond motifs is 3. The maximum absolute atomic E-state index is 6.10. The first-order valence-corrected chi connectivity index (χ1v) is 10.3. The van der Waals surface area contributed by atoms with E-state index in [0.717, 1.165) is 43.3 Å². The Bertz CT molecular complexity index is 1440. The fourth-order valence-corrected chi connectivity index (χ4v) is 4.11. The van der Waals surface area contributed by atoms with E-state index >= 15 is 0 Å². The lowest BCUT2D eigenvalue weighted by atomic mass is 10.0. The minimum Gasteiger partial charge on any atom is -0.496 e. The van der Waals surface area contributed by atoms with Crippen LogP contribution in [-0.4, -0.2) is 32.2 Å². The van der Waals surface area contributed by atoms with Crippen LogP contribution < -0.4 is 9.47 Å². The number of benzene rings is 1. The van der Waals surface area contributed by atoms with Gasteiger partial charge in [-0.3, -0.25) is 4.98 Å². The van der Waals surface area contributed by atoms with Gasteiger partial charge in [0.15, 0.2) is 0 Å². The molecule has 156 valence electrons. The molecular formula is C22H18BrN5O3. The summed E-state index contributed by atoms with van der Waals surface area (Å²) in [5.41, 5.74) is 4.16. The molecule has 0 atom stereocenters. The number of methoxy groups -OCH3 is 1. The zero-order valence-electron chi connectivity index (χ0n) is 17.3. The van der Waals surface area contributed by atoms with Gasteiger partial charge in [0.2, 0.25) is 5.88 Å². The van der Waals surface area contributed by atoms with E-state index in [2.05, 4.69) is 41.0 Å². The molecule has 5 aromatic rings. The molecule has 9 heteroatoms. The molecule has 0 saturated heterocycles. The number of halogens is 1. The molecule has 0 fully saturated rings. The predicted octanol–water partition coefficient (Wildman–Crippen LogP) is 5.65. The van der Waals surface area contributed by atoms with Gasteiger partial charge in [-0.1, -0.05) is 5.16 Å². The first kappa shape index (κ1) is 19.5. The number of aromatic amines is 1. The second-order valence-corrected chi connectivity index (χ2v) is 8.08. The summed E-state index contributed by atoms with van der Waals surface area (Å²) in [6.07, 6.45) is 3.33. The molecule has 0 aliphatic carbocycles. The Morgan fingerprint density at radius 3 is 2.61 bits per heavy atom. The van der Waals surface area contributed by atoms with Gasteiger partial charge in [0.25, 0.3) is 0 Å². The standard InChI is InChI=1S/C22H18BrN5O3/c1-10-19(11(2)31-28-10)16-6-17-15(7-18(16)29-4)20-21(27-17)25-12(3)26-22(20)30-14-5-13(23)8-24-9-14/h5-9H,1-4H3,(H,25,26,27). The van der Waals surface area contributed by atoms with Crippen molar-refractivity contribution >= 4 is 37.9 Å². The van der Waals surface area contributed by atoms with Crippen molar-refractivity contribution in [2.75, 3.05) is 7.11 Å². The third-order valence-corrected chi connectivity index (χ3v) is 5.48. The normalized spacial score (nSPS) is 11.4. The molecule has 4 heterocycles. The first-order valence-electron chi connectivity index (χ1n) is 9.54. The van der Waals surface area contributed by atoms with Gasteiger partial charge >= 0.3 is 0 Å². The van der Waals surface area contributed by atoms with Crippen LogP contribution in [0.5, 0.6) is 17.4 Å². The summed E-state index contributed by atoms with van der Waals surface area (Å²) in [7, 11) is 1.64. The molecule has 31 heavy (non-hydrogen) atoms. The van der Waals surface area contributed by atoms with Gasteiger partial charge in [0.05, 0.1) is 30.0 Å². The molecular weight excluding hydrogens is 462 g/mol. The number of nitrogens with one attached hydrogen (secondary N) is 1. The monoisotopic (exact) mass is 479 g/mol. The van der Waals surface area contributed by atoms with E-state index in [1.54, 1.807) is 19.5 Å². The van der Waals surface area contributed by atoms with E-state index < -0.39 is 0 Å². The number of H-pyrrole nitrogens is 1. The zero-order chi connectivity index (χ0) is 21.7. The van der Waals surface area contributed by atoms with Crippen LogP contribution >= 0.6 is 15.9 Å². The quantitative estimate of drug-likeness (QED) is 0.355. The molecule has 0 aliphatic heterocycles. The second-order valence-electron chi connectivity index (χ2n) is 7.16. The Morgan fingerprint density at radius 2 is 1.90 bits per heavy atom. The van der Waals surface area contributed by atoms with Crippen molar-refractivity contribution < 1.29 is 14.0 Å². The van der Waals surface area contributed by atoms with Crippen LogP contribution in [0.1, 0.15) is 17.3 Å². The fraction of sp³-hybridized carbons (Fsp3) is 0.182. The van der Waals surface area contributed by atoms with E-state index in [1.807, 2.05) is 39.0 Å². The SMILES string of the molecule is COc1cc2c(cc1-c1c(C)noc1C)[nH]c1nc(C)nc(Oc3cncc(Br)c3)c12. The number of pyridine rings is 1. The maximum atomic E-state index is 6.10. The van der Waals surface area contributed by atoms with Gasteiger partial charge in [-0.2, -0.15) is 4.98 Å². The lowest BCUT2D eigenvalue weighted by Crippen LogP contribution is -1.95. The number of hydrogen-bond donors (Lipinski definition) is 1. The van der Waals surface area contributed by atoms with Crippen LogP contribution in [0.25, 0.3) is 33.1 Å². The third-order valence-electron chi connectivity index (χ3n) is 5.05. The smallest absolute Gasteiger partial charge is 0.232 e. The molecule has 5 rings (SSSR count). The molecule has 4 aromatic heterocycles. The van der Waals surface area contributed by atoms with Gasteiger partial charge in [0.1, 0.15) is 28.7 Å². The van der Waals surface area contributed by atoms with Crippen molar-refractivity contribution in [3.8, 4) is 28.5 Å². The molecule has 0 radical (unpaired) electrons. The molecule has 8 nitrogen and oxygen atoms in total. The van der Waals surface area contributed by atoms with Gasteiger partial charge < -0.3 is 19.0 Å². The van der Waals surface area contributed by atoms with Gasteiger partial charge in [-0.15, -0.1) is 0 Å². The van der Waals surface area contributed by atoms with E-state index in [9.17, 15) is 0 Å². The van der Waals surface area contributed by atoms with E-state index in [1.165, 1.54) is 0 Å². The van der Waals surface area contributed by atoms with E-state index in [0.29, 0.717) is 28.9 Å². The van der Waals surface area contributed by atoms with Crippen molar-refractivity contribution in [3.05, 3.63) is 52.3 Å². The van der Waals surface area contributed by atoms with Crippen LogP contribution in [-0.2, 0) is 0 Å². The van der Waals surface area contributed by atoms with E-state index in [-0.39, 0.29) is 0 Å². The Kier molecular flexibility index (Phi) is 4.62. The summed E-state index contributed by atoms with van der Waals surface area (Å²) in [6.45, 7) is 5.62. The largest absolute Gasteiger partial charge is 0.496 e. The Hall–Kier alpha value is -3.46. The molecule has 0 unspecified atom stereocenters. The molecule has 0 spiro atoms. The Morgan fingerprint density at radius 1 is 1.06 bits per heavy atom. The fourth-order valence-electron chi connectivity index (χ4n) is 3.76. The van der Waals surface area contributed by atoms with Crippen molar-refractivity contribution in [2.45, 2.75) is 20.8 Å². The van der Waals surface area contributed by atoms with Crippen LogP contribution in [0.3, 0.4) is 0 Å². The van der Waals surface area contributed by atoms with Crippen molar-refractivity contribution in [3.63, 3.8) is 0 Å². The van der Waals surface area contributed by atoms with E-state index in [4.69, 9.17) is 14.0 Å². The number of nitrogens with zero attached hydrogens (tertiary/aromatic N) is 4. The molecule has 0 aliphatic rings. The lowest BCUT2D eigenvalue weighted by molar-refractivity contribution is 0.393. The summed E-state index contributed by atoms with van der Waals surface area (Å²) in [5.74, 6) is 3.03. The summed E-state index contributed by atoms with van der Waals surface area (Å²) in [4.78, 5) is 16.7. The number of aryl methyl sites for hydroxylation is 3. The maximum Gasteiger partial charge on any atom is 0.232 e. The Labute approximate surface area is 185 Å². The third kappa shape index (κ3) is 3.31. The number of ether oxygens (including phenoxy) is 2. The molecule has 1 aromatic carbocycles. The topological polar surface area (TPSA) is 99.0 Å². The summed E-state index contributed by atoms with van der Waals surface area (Å²) < 4.78 is 18.0. The first-order chi connectivity index (χ1) is 14.9. The summed E-state index contributed by atoms with van der Waals surface area (Å²) in [6, 6.07) is 5.81. The highest BCUT2D eigenvalue weighted by atomic mass is 79.9. The highest BCUT2D eigenvalue weighted by Crippen LogP contribution is 2.41. The highest BCUT2D eigenvalue weighted by Gasteiger charge is 2.21. The van der Waals surface area contributed by atoms with Gasteiger partial charge in [-0.25, -0.2) is 4.98 Å². The summed E-state index contributed by atoms with van der Waals surface area (Å²) >= 11 is 3.42. The van der Waals surface area contributed by atoms with Crippen molar-refractivity contribution in [1.29, 1.82) is 0 Å². The highest BCUT2D eigenvalue weighted by molar-refractivity contribution is 9.10.